The van der Waals surface area contributed by atoms with E-state index in [4.69, 9.17) is 17.3 Å². The zero-order valence-electron chi connectivity index (χ0n) is 8.03. The number of allylic oxidation sites excluding steroid dienone is 2. The summed E-state index contributed by atoms with van der Waals surface area (Å²) in [5.74, 6) is -0.0415. The van der Waals surface area contributed by atoms with Crippen LogP contribution < -0.4 is 5.73 Å². The van der Waals surface area contributed by atoms with Crippen LogP contribution in [0.15, 0.2) is 11.1 Å². The minimum atomic E-state index is -4.43. The van der Waals surface area contributed by atoms with Gasteiger partial charge in [0.15, 0.2) is 0 Å². The molecule has 0 aromatic rings. The van der Waals surface area contributed by atoms with Gasteiger partial charge in [0, 0.05) is 0 Å². The molecule has 82 valence electrons. The third-order valence-corrected chi connectivity index (χ3v) is 3.33. The van der Waals surface area contributed by atoms with Gasteiger partial charge in [-0.3, -0.25) is 0 Å². The Kier molecular flexibility index (Phi) is 2.89. The van der Waals surface area contributed by atoms with Crippen LogP contribution in [0.4, 0.5) is 13.2 Å². The summed E-state index contributed by atoms with van der Waals surface area (Å²) in [5, 5.41) is -1.04. The van der Waals surface area contributed by atoms with Crippen LogP contribution in [0, 0.1) is 17.3 Å². The van der Waals surface area contributed by atoms with Crippen molar-refractivity contribution in [1.82, 2.24) is 0 Å². The highest BCUT2D eigenvalue weighted by atomic mass is 35.5. The van der Waals surface area contributed by atoms with E-state index < -0.39 is 11.2 Å². The zero-order valence-corrected chi connectivity index (χ0v) is 8.78. The second kappa shape index (κ2) is 3.42. The molecule has 1 nitrogen and oxygen atoms in total. The van der Waals surface area contributed by atoms with E-state index in [9.17, 15) is 13.2 Å². The topological polar surface area (TPSA) is 26.0 Å². The summed E-state index contributed by atoms with van der Waals surface area (Å²) in [7, 11) is 0. The van der Waals surface area contributed by atoms with Crippen LogP contribution in [0.2, 0.25) is 0 Å². The van der Waals surface area contributed by atoms with E-state index >= 15 is 0 Å². The molecule has 0 radical (unpaired) electrons. The lowest BCUT2D eigenvalue weighted by molar-refractivity contribution is -0.0848. The molecule has 14 heavy (non-hydrogen) atoms. The number of rotatable bonds is 2. The predicted molar refractivity (Wildman–Crippen MR) is 49.8 cm³/mol. The second-order valence-electron chi connectivity index (χ2n) is 4.20. The Morgan fingerprint density at radius 3 is 2.29 bits per heavy atom. The molecule has 2 N–H and O–H groups in total. The Bertz CT molecular complexity index is 257. The van der Waals surface area contributed by atoms with E-state index in [2.05, 4.69) is 0 Å². The maximum atomic E-state index is 12.1. The summed E-state index contributed by atoms with van der Waals surface area (Å²) in [6, 6.07) is 0. The van der Waals surface area contributed by atoms with E-state index in [1.165, 1.54) is 0 Å². The molecule has 0 bridgehead atoms. The number of alkyl halides is 3. The third kappa shape index (κ3) is 2.06. The smallest absolute Gasteiger partial charge is 0.330 e. The fourth-order valence-corrected chi connectivity index (χ4v) is 1.96. The van der Waals surface area contributed by atoms with Crippen molar-refractivity contribution in [2.75, 3.05) is 6.54 Å². The Balaban J connectivity index is 2.72. The lowest BCUT2D eigenvalue weighted by Gasteiger charge is -2.04. The summed E-state index contributed by atoms with van der Waals surface area (Å²) < 4.78 is 36.3. The molecule has 0 spiro atoms. The molecule has 1 saturated carbocycles. The van der Waals surface area contributed by atoms with E-state index in [1.54, 1.807) is 0 Å². The van der Waals surface area contributed by atoms with Crippen LogP contribution in [0.25, 0.3) is 0 Å². The van der Waals surface area contributed by atoms with Gasteiger partial charge in [0.05, 0.1) is 0 Å². The molecule has 0 aromatic carbocycles. The first-order valence-electron chi connectivity index (χ1n) is 4.36. The van der Waals surface area contributed by atoms with Crippen molar-refractivity contribution in [1.29, 1.82) is 0 Å². The van der Waals surface area contributed by atoms with Crippen LogP contribution in [-0.2, 0) is 0 Å². The molecule has 1 aliphatic carbocycles. The highest BCUT2D eigenvalue weighted by Gasteiger charge is 2.56. The first-order valence-corrected chi connectivity index (χ1v) is 4.73. The highest BCUT2D eigenvalue weighted by molar-refractivity contribution is 6.30. The molecule has 1 fully saturated rings. The van der Waals surface area contributed by atoms with Gasteiger partial charge in [0.2, 0.25) is 0 Å². The van der Waals surface area contributed by atoms with Crippen molar-refractivity contribution in [2.24, 2.45) is 23.0 Å². The van der Waals surface area contributed by atoms with E-state index in [0.29, 0.717) is 6.54 Å². The molecule has 1 aliphatic rings. The molecule has 0 heterocycles. The molecule has 2 atom stereocenters. The van der Waals surface area contributed by atoms with Gasteiger partial charge < -0.3 is 5.73 Å². The first-order chi connectivity index (χ1) is 6.21. The molecule has 0 aromatic heterocycles. The van der Waals surface area contributed by atoms with Gasteiger partial charge in [-0.2, -0.15) is 13.2 Å². The van der Waals surface area contributed by atoms with Gasteiger partial charge in [0.1, 0.15) is 5.03 Å². The van der Waals surface area contributed by atoms with Crippen LogP contribution >= 0.6 is 11.6 Å². The maximum absolute atomic E-state index is 12.1. The monoisotopic (exact) mass is 227 g/mol. The zero-order chi connectivity index (χ0) is 11.1. The van der Waals surface area contributed by atoms with Crippen molar-refractivity contribution in [2.45, 2.75) is 20.0 Å². The van der Waals surface area contributed by atoms with Crippen molar-refractivity contribution < 1.29 is 13.2 Å². The van der Waals surface area contributed by atoms with Crippen molar-refractivity contribution in [3.8, 4) is 0 Å². The Morgan fingerprint density at radius 1 is 1.50 bits per heavy atom. The molecular weight excluding hydrogens is 215 g/mol. The summed E-state index contributed by atoms with van der Waals surface area (Å²) in [5.41, 5.74) is 5.28. The van der Waals surface area contributed by atoms with E-state index in [0.717, 1.165) is 6.08 Å². The first kappa shape index (κ1) is 11.9. The lowest BCUT2D eigenvalue weighted by atomic mass is 10.1. The fraction of sp³-hybridized carbons (Fsp3) is 0.778. The molecule has 0 aliphatic heterocycles. The van der Waals surface area contributed by atoms with Crippen LogP contribution in [-0.4, -0.2) is 12.7 Å². The SMILES string of the molecule is CC1(C)[C@H](/C=C(\Cl)C(F)(F)F)[C@H]1CN. The standard InChI is InChI=1S/C9H13ClF3N/c1-8(2)5(6(8)4-14)3-7(10)9(11,12)13/h3,5-6H,4,14H2,1-2H3/b7-3-/t5-,6-/m1/s1. The number of nitrogens with two attached hydrogens (primary N) is 1. The van der Waals surface area contributed by atoms with Gasteiger partial charge >= 0.3 is 6.18 Å². The Labute approximate surface area is 86.1 Å². The molecule has 0 amide bonds. The lowest BCUT2D eigenvalue weighted by Crippen LogP contribution is -2.08. The molecule has 0 saturated heterocycles. The summed E-state index contributed by atoms with van der Waals surface area (Å²) in [6.45, 7) is 4.19. The van der Waals surface area contributed by atoms with E-state index in [1.807, 2.05) is 13.8 Å². The predicted octanol–water partition coefficient (Wildman–Crippen LogP) is 2.90. The minimum Gasteiger partial charge on any atom is -0.330 e. The highest BCUT2D eigenvalue weighted by Crippen LogP contribution is 2.59. The quantitative estimate of drug-likeness (QED) is 0.771. The molecule has 1 rings (SSSR count). The van der Waals surface area contributed by atoms with Crippen molar-refractivity contribution >= 4 is 11.6 Å². The van der Waals surface area contributed by atoms with E-state index in [-0.39, 0.29) is 17.3 Å². The Hall–Kier alpha value is -0.220. The maximum Gasteiger partial charge on any atom is 0.426 e. The van der Waals surface area contributed by atoms with Gasteiger partial charge in [0.25, 0.3) is 0 Å². The average molecular weight is 228 g/mol. The number of hydrogen-bond acceptors (Lipinski definition) is 1. The average Bonchev–Trinajstić information content (AvgIpc) is 2.51. The van der Waals surface area contributed by atoms with Crippen LogP contribution in [0.5, 0.6) is 0 Å². The van der Waals surface area contributed by atoms with Crippen LogP contribution in [0.3, 0.4) is 0 Å². The number of hydrogen-bond donors (Lipinski definition) is 1. The Morgan fingerprint density at radius 2 is 2.00 bits per heavy atom. The van der Waals surface area contributed by atoms with Gasteiger partial charge in [-0.1, -0.05) is 31.5 Å². The van der Waals surface area contributed by atoms with Gasteiger partial charge in [-0.15, -0.1) is 0 Å². The summed E-state index contributed by atoms with van der Waals surface area (Å²) in [6.07, 6.45) is -3.35. The van der Waals surface area contributed by atoms with Crippen LogP contribution in [0.1, 0.15) is 13.8 Å². The third-order valence-electron chi connectivity index (χ3n) is 2.99. The molecule has 0 unspecified atom stereocenters. The molecular formula is C9H13ClF3N. The summed E-state index contributed by atoms with van der Waals surface area (Å²) >= 11 is 5.14. The summed E-state index contributed by atoms with van der Waals surface area (Å²) in [4.78, 5) is 0. The number of halogens is 4. The second-order valence-corrected chi connectivity index (χ2v) is 4.61. The van der Waals surface area contributed by atoms with Gasteiger partial charge in [-0.05, 0) is 23.8 Å². The molecule has 5 heteroatoms. The largest absolute Gasteiger partial charge is 0.426 e. The van der Waals surface area contributed by atoms with Gasteiger partial charge in [-0.25, -0.2) is 0 Å². The van der Waals surface area contributed by atoms with Crippen molar-refractivity contribution in [3.05, 3.63) is 11.1 Å². The minimum absolute atomic E-state index is 0.110. The van der Waals surface area contributed by atoms with Crippen molar-refractivity contribution in [3.63, 3.8) is 0 Å². The normalized spacial score (nSPS) is 31.8. The fourth-order valence-electron chi connectivity index (χ4n) is 1.82.